The third-order valence-corrected chi connectivity index (χ3v) is 6.44. The van der Waals surface area contributed by atoms with Crippen LogP contribution in [0.5, 0.6) is 0 Å². The first-order valence-electron chi connectivity index (χ1n) is 25.5. The molecule has 0 rings (SSSR count). The van der Waals surface area contributed by atoms with Crippen molar-refractivity contribution in [1.82, 2.24) is 14.7 Å². The van der Waals surface area contributed by atoms with E-state index in [4.69, 9.17) is 0 Å². The molecule has 0 aromatic heterocycles. The van der Waals surface area contributed by atoms with Crippen molar-refractivity contribution in [2.24, 2.45) is 56.4 Å². The fourth-order valence-corrected chi connectivity index (χ4v) is 6.44. The van der Waals surface area contributed by atoms with E-state index in [1.54, 1.807) is 19.7 Å². The monoisotopic (exact) mass is 1010 g/mol. The summed E-state index contributed by atoms with van der Waals surface area (Å²) in [5.74, 6) is 5.65. The van der Waals surface area contributed by atoms with Crippen molar-refractivity contribution in [2.45, 2.75) is 275 Å². The van der Waals surface area contributed by atoms with Crippen LogP contribution in [0.15, 0.2) is 50.4 Å². The Balaban J connectivity index is -0.0000000333. The zero-order valence-corrected chi connectivity index (χ0v) is 54.1. The Morgan fingerprint density at radius 2 is 0.571 bits per heavy atom. The van der Waals surface area contributed by atoms with Gasteiger partial charge in [-0.1, -0.05) is 162 Å². The molecule has 0 radical (unpaired) electrons. The molecule has 6 nitrogen and oxygen atoms in total. The molecule has 0 aliphatic rings. The molecule has 70 heavy (non-hydrogen) atoms. The van der Waals surface area contributed by atoms with Gasteiger partial charge in [0.05, 0.1) is 0 Å². The Labute approximate surface area is 455 Å². The highest BCUT2D eigenvalue weighted by atomic mass is 15.2. The summed E-state index contributed by atoms with van der Waals surface area (Å²) in [6.45, 7) is 81.1. The lowest BCUT2D eigenvalue weighted by atomic mass is 9.78. The first kappa shape index (κ1) is 113. The van der Waals surface area contributed by atoms with Gasteiger partial charge in [-0.05, 0) is 208 Å². The number of hydrogen-bond acceptors (Lipinski definition) is 6. The molecule has 0 saturated carbocycles. The van der Waals surface area contributed by atoms with Gasteiger partial charge in [-0.15, -0.1) is 13.2 Å². The molecular weight excluding hydrogens is 853 g/mol. The maximum Gasteiger partial charge on any atom is 0.0442 e. The normalized spacial score (nSPS) is 8.99. The van der Waals surface area contributed by atoms with Crippen molar-refractivity contribution in [3.05, 3.63) is 35.5 Å². The minimum absolute atomic E-state index is 0. The van der Waals surface area contributed by atoms with E-state index >= 15 is 0 Å². The molecule has 0 aromatic carbocycles. The van der Waals surface area contributed by atoms with Crippen molar-refractivity contribution in [3.63, 3.8) is 0 Å². The van der Waals surface area contributed by atoms with E-state index in [1.165, 1.54) is 23.1 Å². The molecule has 0 amide bonds. The molecule has 0 spiro atoms. The smallest absolute Gasteiger partial charge is 0.0442 e. The largest absolute Gasteiger partial charge is 0.312 e. The number of nitrogens with zero attached hydrogens (tertiary/aromatic N) is 6. The van der Waals surface area contributed by atoms with Crippen molar-refractivity contribution in [2.75, 3.05) is 56.4 Å². The average Bonchev–Trinajstić information content (AvgIpc) is 2.99. The van der Waals surface area contributed by atoms with Crippen molar-refractivity contribution in [1.29, 1.82) is 0 Å². The van der Waals surface area contributed by atoms with Crippen LogP contribution in [0.3, 0.4) is 0 Å². The number of hydrogen-bond donors (Lipinski definition) is 0. The van der Waals surface area contributed by atoms with Crippen LogP contribution >= 0.6 is 0 Å². The Morgan fingerprint density at radius 1 is 0.429 bits per heavy atom. The summed E-state index contributed by atoms with van der Waals surface area (Å²) in [4.78, 5) is 17.2. The number of aliphatic imine (C=N–C) groups is 3. The van der Waals surface area contributed by atoms with Crippen molar-refractivity contribution < 1.29 is 0 Å². The molecule has 0 saturated heterocycles. The van der Waals surface area contributed by atoms with Crippen LogP contribution in [0, 0.1) is 41.4 Å². The van der Waals surface area contributed by atoms with Gasteiger partial charge in [-0.3, -0.25) is 9.89 Å². The highest BCUT2D eigenvalue weighted by molar-refractivity contribution is 5.79. The lowest BCUT2D eigenvalue weighted by Gasteiger charge is -2.34. The Kier molecular flexibility index (Phi) is 135. The Morgan fingerprint density at radius 3 is 0.571 bits per heavy atom. The van der Waals surface area contributed by atoms with Gasteiger partial charge in [0.15, 0.2) is 0 Å². The van der Waals surface area contributed by atoms with E-state index in [0.717, 1.165) is 35.3 Å². The van der Waals surface area contributed by atoms with Crippen LogP contribution in [0.4, 0.5) is 0 Å². The molecule has 0 bridgehead atoms. The molecule has 0 unspecified atom stereocenters. The summed E-state index contributed by atoms with van der Waals surface area (Å²) in [5, 5.41) is 0. The van der Waals surface area contributed by atoms with Gasteiger partial charge in [0, 0.05) is 44.0 Å². The standard InChI is InChI=1S/C10H22.C10H20.C9H21N.C6H13N.C4H10.2C4H8.2C3H9N.C3H8.2C2H5N.4CH4/c3*1-7(2)10(8(3)4)9(5)6;1-5(2)7-6(3)4;5*1-4(2)3;3*1-3-2;;;;/h7-10H,1-6H3;7-8H,1-6H3;7-9H,1-6H3;5H,1-4H3;4H,1-3H3;2*1H2,2-3H3;2*1-3H3;3H2,1-2H3;2*1H2,2H3;4*1H4. The average molecular weight is 1010 g/mol. The fraction of sp³-hybridized carbons (Fsp3) is 0.859. The van der Waals surface area contributed by atoms with E-state index < -0.39 is 0 Å². The van der Waals surface area contributed by atoms with Gasteiger partial charge >= 0.3 is 0 Å². The van der Waals surface area contributed by atoms with Crippen LogP contribution in [0.1, 0.15) is 251 Å². The van der Waals surface area contributed by atoms with Crippen LogP contribution < -0.4 is 0 Å². The van der Waals surface area contributed by atoms with Gasteiger partial charge in [0.2, 0.25) is 0 Å². The Bertz CT molecular complexity index is 862. The summed E-state index contributed by atoms with van der Waals surface area (Å²) >= 11 is 0. The first-order valence-corrected chi connectivity index (χ1v) is 25.5. The van der Waals surface area contributed by atoms with E-state index in [9.17, 15) is 0 Å². The molecule has 0 fully saturated rings. The third kappa shape index (κ3) is 193. The highest BCUT2D eigenvalue weighted by Gasteiger charge is 2.20. The quantitative estimate of drug-likeness (QED) is 0.171. The molecule has 0 aliphatic carbocycles. The molecule has 0 atom stereocenters. The van der Waals surface area contributed by atoms with Crippen LogP contribution in [0.2, 0.25) is 0 Å². The predicted octanol–water partition coefficient (Wildman–Crippen LogP) is 21.4. The van der Waals surface area contributed by atoms with E-state index in [0.29, 0.717) is 36.0 Å². The molecule has 0 N–H and O–H groups in total. The van der Waals surface area contributed by atoms with Gasteiger partial charge in [-0.2, -0.15) is 0 Å². The molecule has 440 valence electrons. The summed E-state index contributed by atoms with van der Waals surface area (Å²) in [5.41, 5.74) is 6.60. The molecule has 0 heterocycles. The summed E-state index contributed by atoms with van der Waals surface area (Å²) < 4.78 is 0. The zero-order chi connectivity index (χ0) is 56.8. The number of allylic oxidation sites excluding steroid dienone is 4. The SMILES string of the molecule is C.C.C.C.C=C(C)C.C=C(C)C.C=NC.C=NC.CC(C)=C(C(C)C)C(C)C.CC(C)=NC(C)C.CC(C)C.CC(C)C(C(C)C)C(C)C.CC(C)N(C(C)C)C(C)C.CCC.CN(C)C.CN(C)C. The van der Waals surface area contributed by atoms with E-state index in [1.807, 2.05) is 93.6 Å². The molecule has 0 aliphatic heterocycles. The first-order chi connectivity index (χ1) is 29.4. The molecule has 0 aromatic rings. The number of rotatable bonds is 9. The summed E-state index contributed by atoms with van der Waals surface area (Å²) in [7, 11) is 15.3. The zero-order valence-electron chi connectivity index (χ0n) is 54.1. The van der Waals surface area contributed by atoms with Crippen molar-refractivity contribution >= 4 is 19.1 Å². The lowest BCUT2D eigenvalue weighted by Crippen LogP contribution is -2.42. The maximum atomic E-state index is 4.19. The Hall–Kier alpha value is -1.89. The van der Waals surface area contributed by atoms with E-state index in [2.05, 4.69) is 220 Å². The topological polar surface area (TPSA) is 46.8 Å². The second-order valence-electron chi connectivity index (χ2n) is 22.1. The predicted molar refractivity (Wildman–Crippen MR) is 352 cm³/mol. The second kappa shape index (κ2) is 83.9. The minimum atomic E-state index is 0. The summed E-state index contributed by atoms with van der Waals surface area (Å²) in [6, 6.07) is 2.46. The van der Waals surface area contributed by atoms with E-state index in [-0.39, 0.29) is 29.7 Å². The second-order valence-corrected chi connectivity index (χ2v) is 22.1. The van der Waals surface area contributed by atoms with Gasteiger partial charge < -0.3 is 19.8 Å². The molecule has 6 heteroatoms. The van der Waals surface area contributed by atoms with Gasteiger partial charge in [0.25, 0.3) is 0 Å². The summed E-state index contributed by atoms with van der Waals surface area (Å²) in [6.07, 6.45) is 1.25. The maximum absolute atomic E-state index is 4.19. The van der Waals surface area contributed by atoms with Crippen LogP contribution in [-0.2, 0) is 0 Å². The van der Waals surface area contributed by atoms with Crippen LogP contribution in [-0.4, -0.2) is 114 Å². The van der Waals surface area contributed by atoms with Crippen molar-refractivity contribution in [3.8, 4) is 0 Å². The fourth-order valence-electron chi connectivity index (χ4n) is 6.44. The molecular formula is C64H154N6. The third-order valence-electron chi connectivity index (χ3n) is 6.44. The van der Waals surface area contributed by atoms with Crippen LogP contribution in [0.25, 0.3) is 0 Å². The minimum Gasteiger partial charge on any atom is -0.312 e. The highest BCUT2D eigenvalue weighted by Crippen LogP contribution is 2.27. The van der Waals surface area contributed by atoms with Gasteiger partial charge in [-0.25, -0.2) is 0 Å². The van der Waals surface area contributed by atoms with Gasteiger partial charge in [0.1, 0.15) is 0 Å². The lowest BCUT2D eigenvalue weighted by molar-refractivity contribution is 0.133.